The van der Waals surface area contributed by atoms with Crippen molar-refractivity contribution in [1.29, 1.82) is 0 Å². The zero-order valence-electron chi connectivity index (χ0n) is 22.3. The van der Waals surface area contributed by atoms with Crippen LogP contribution in [-0.4, -0.2) is 45.2 Å². The highest BCUT2D eigenvalue weighted by molar-refractivity contribution is 6.13. The fraction of sp³-hybridized carbons (Fsp3) is 0.367. The lowest BCUT2D eigenvalue weighted by molar-refractivity contribution is -0.152. The summed E-state index contributed by atoms with van der Waals surface area (Å²) in [5.74, 6) is -2.47. The minimum absolute atomic E-state index is 0.145. The number of ether oxygens (including phenoxy) is 4. The van der Waals surface area contributed by atoms with E-state index in [2.05, 4.69) is 5.32 Å². The van der Waals surface area contributed by atoms with Crippen molar-refractivity contribution in [2.45, 2.75) is 39.0 Å². The number of nitrogens with one attached hydrogen (secondary N) is 1. The van der Waals surface area contributed by atoms with Crippen molar-refractivity contribution >= 4 is 17.7 Å². The molecule has 1 N–H and O–H groups in total. The van der Waals surface area contributed by atoms with Gasteiger partial charge >= 0.3 is 11.9 Å². The molecule has 0 saturated carbocycles. The fourth-order valence-electron chi connectivity index (χ4n) is 5.33. The van der Waals surface area contributed by atoms with Gasteiger partial charge in [-0.1, -0.05) is 24.3 Å². The lowest BCUT2D eigenvalue weighted by atomic mass is 9.67. The van der Waals surface area contributed by atoms with E-state index in [1.54, 1.807) is 47.1 Å². The number of dihydropyridines is 1. The van der Waals surface area contributed by atoms with Crippen LogP contribution in [0.5, 0.6) is 11.5 Å². The molecule has 0 fully saturated rings. The van der Waals surface area contributed by atoms with Crippen LogP contribution in [0.25, 0.3) is 0 Å². The van der Waals surface area contributed by atoms with Gasteiger partial charge in [0.15, 0.2) is 5.78 Å². The average molecular weight is 520 g/mol. The van der Waals surface area contributed by atoms with E-state index in [1.807, 2.05) is 36.4 Å². The molecule has 2 aromatic carbocycles. The molecule has 0 spiro atoms. The Balaban J connectivity index is 1.89. The maximum absolute atomic E-state index is 14.3. The zero-order valence-corrected chi connectivity index (χ0v) is 22.3. The van der Waals surface area contributed by atoms with Gasteiger partial charge < -0.3 is 24.3 Å². The van der Waals surface area contributed by atoms with Gasteiger partial charge in [-0.2, -0.15) is 0 Å². The topological polar surface area (TPSA) is 100 Å². The molecule has 0 saturated heterocycles. The number of benzene rings is 2. The lowest BCUT2D eigenvalue weighted by Gasteiger charge is -2.39. The molecule has 38 heavy (non-hydrogen) atoms. The van der Waals surface area contributed by atoms with Gasteiger partial charge in [0.2, 0.25) is 0 Å². The van der Waals surface area contributed by atoms with Gasteiger partial charge in [0.25, 0.3) is 0 Å². The number of ketones is 1. The molecule has 1 aliphatic carbocycles. The summed E-state index contributed by atoms with van der Waals surface area (Å²) >= 11 is 0. The molecule has 3 atom stereocenters. The first-order valence-corrected chi connectivity index (χ1v) is 12.7. The Bertz CT molecular complexity index is 1290. The monoisotopic (exact) mass is 519 g/mol. The Morgan fingerprint density at radius 2 is 1.61 bits per heavy atom. The van der Waals surface area contributed by atoms with Crippen LogP contribution in [0.2, 0.25) is 0 Å². The summed E-state index contributed by atoms with van der Waals surface area (Å²) in [7, 11) is 3.14. The first kappa shape index (κ1) is 27.0. The van der Waals surface area contributed by atoms with Crippen LogP contribution >= 0.6 is 0 Å². The highest BCUT2D eigenvalue weighted by atomic mass is 16.5. The summed E-state index contributed by atoms with van der Waals surface area (Å²) in [5, 5.41) is 3.31. The minimum Gasteiger partial charge on any atom is -0.497 e. The molecule has 0 amide bonds. The van der Waals surface area contributed by atoms with Crippen LogP contribution in [0.4, 0.5) is 0 Å². The number of esters is 2. The molecule has 2 aliphatic rings. The van der Waals surface area contributed by atoms with E-state index in [0.717, 1.165) is 11.1 Å². The Morgan fingerprint density at radius 3 is 2.24 bits per heavy atom. The summed E-state index contributed by atoms with van der Waals surface area (Å²) in [6.07, 6.45) is 0.373. The van der Waals surface area contributed by atoms with Gasteiger partial charge in [0.05, 0.1) is 33.0 Å². The van der Waals surface area contributed by atoms with Gasteiger partial charge in [-0.15, -0.1) is 0 Å². The first-order chi connectivity index (χ1) is 18.3. The van der Waals surface area contributed by atoms with E-state index in [9.17, 15) is 14.4 Å². The third kappa shape index (κ3) is 5.03. The van der Waals surface area contributed by atoms with Gasteiger partial charge in [0, 0.05) is 28.8 Å². The summed E-state index contributed by atoms with van der Waals surface area (Å²) in [5.41, 5.74) is 3.51. The Labute approximate surface area is 222 Å². The van der Waals surface area contributed by atoms with E-state index >= 15 is 0 Å². The molecule has 8 nitrogen and oxygen atoms in total. The lowest BCUT2D eigenvalue weighted by Crippen LogP contribution is -2.43. The number of hydrogen-bond donors (Lipinski definition) is 1. The van der Waals surface area contributed by atoms with Crippen molar-refractivity contribution in [3.63, 3.8) is 0 Å². The predicted octanol–water partition coefficient (Wildman–Crippen LogP) is 4.42. The average Bonchev–Trinajstić information content (AvgIpc) is 2.92. The number of allylic oxidation sites excluding steroid dienone is 3. The van der Waals surface area contributed by atoms with Gasteiger partial charge in [-0.25, -0.2) is 4.79 Å². The Kier molecular flexibility index (Phi) is 8.20. The third-order valence-electron chi connectivity index (χ3n) is 7.03. The second-order valence-electron chi connectivity index (χ2n) is 9.16. The number of Topliss-reactive ketones (excluding diaryl/α,β-unsaturated/α-hetero) is 1. The molecular weight excluding hydrogens is 486 g/mol. The SMILES string of the molecule is CCOC(=O)C1=C(C)NC2=C(C(=O)[C@@H](C(=O)OCC)[C@H](c3cccc(OC)c3)C2)[C@@H]1c1ccc(OC)cc1. The van der Waals surface area contributed by atoms with Crippen molar-refractivity contribution < 1.29 is 33.3 Å². The standard InChI is InChI=1S/C30H33NO7/c1-6-37-29(33)24-17(3)31-23-16-22(19-9-8-10-21(15-19)36-5)26(30(34)38-7-2)28(32)27(23)25(24)18-11-13-20(35-4)14-12-18/h8-15,22,25-26,31H,6-7,16H2,1-5H3/t22-,25+,26-/m0/s1. The van der Waals surface area contributed by atoms with Gasteiger partial charge in [0.1, 0.15) is 17.4 Å². The van der Waals surface area contributed by atoms with Gasteiger partial charge in [-0.05, 0) is 62.6 Å². The zero-order chi connectivity index (χ0) is 27.4. The van der Waals surface area contributed by atoms with Crippen molar-refractivity contribution in [3.05, 3.63) is 82.2 Å². The number of methoxy groups -OCH3 is 2. The van der Waals surface area contributed by atoms with Crippen LogP contribution in [0.3, 0.4) is 0 Å². The fourth-order valence-corrected chi connectivity index (χ4v) is 5.33. The Hall–Kier alpha value is -4.07. The van der Waals surface area contributed by atoms with Crippen molar-refractivity contribution in [3.8, 4) is 11.5 Å². The molecule has 4 rings (SSSR count). The molecule has 0 unspecified atom stereocenters. The molecule has 0 bridgehead atoms. The summed E-state index contributed by atoms with van der Waals surface area (Å²) in [6, 6.07) is 14.6. The number of carbonyl (C=O) groups excluding carboxylic acids is 3. The summed E-state index contributed by atoms with van der Waals surface area (Å²) in [4.78, 5) is 40.8. The van der Waals surface area contributed by atoms with Crippen LogP contribution in [0.1, 0.15) is 50.2 Å². The highest BCUT2D eigenvalue weighted by Crippen LogP contribution is 2.48. The second-order valence-corrected chi connectivity index (χ2v) is 9.16. The van der Waals surface area contributed by atoms with Crippen molar-refractivity contribution in [2.24, 2.45) is 5.92 Å². The smallest absolute Gasteiger partial charge is 0.336 e. The van der Waals surface area contributed by atoms with Crippen LogP contribution < -0.4 is 14.8 Å². The summed E-state index contributed by atoms with van der Waals surface area (Å²) < 4.78 is 21.5. The number of rotatable bonds is 8. The van der Waals surface area contributed by atoms with E-state index in [0.29, 0.717) is 40.5 Å². The van der Waals surface area contributed by atoms with Crippen LogP contribution in [-0.2, 0) is 23.9 Å². The maximum Gasteiger partial charge on any atom is 0.336 e. The molecule has 1 heterocycles. The predicted molar refractivity (Wildman–Crippen MR) is 141 cm³/mol. The van der Waals surface area contributed by atoms with Crippen molar-refractivity contribution in [1.82, 2.24) is 5.32 Å². The number of hydrogen-bond acceptors (Lipinski definition) is 8. The molecule has 0 radical (unpaired) electrons. The first-order valence-electron chi connectivity index (χ1n) is 12.7. The molecule has 8 heteroatoms. The molecule has 2 aromatic rings. The van der Waals surface area contributed by atoms with Crippen LogP contribution in [0.15, 0.2) is 71.1 Å². The largest absolute Gasteiger partial charge is 0.497 e. The maximum atomic E-state index is 14.3. The van der Waals surface area contributed by atoms with Crippen LogP contribution in [0, 0.1) is 5.92 Å². The Morgan fingerprint density at radius 1 is 0.921 bits per heavy atom. The van der Waals surface area contributed by atoms with E-state index in [4.69, 9.17) is 18.9 Å². The van der Waals surface area contributed by atoms with Crippen molar-refractivity contribution in [2.75, 3.05) is 27.4 Å². The second kappa shape index (κ2) is 11.5. The summed E-state index contributed by atoms with van der Waals surface area (Å²) in [6.45, 7) is 5.58. The number of carbonyl (C=O) groups is 3. The minimum atomic E-state index is -1.08. The van der Waals surface area contributed by atoms with E-state index < -0.39 is 29.7 Å². The highest BCUT2D eigenvalue weighted by Gasteiger charge is 2.49. The van der Waals surface area contributed by atoms with Gasteiger partial charge in [-0.3, -0.25) is 9.59 Å². The normalized spacial score (nSPS) is 20.9. The molecule has 200 valence electrons. The molecular formula is C30H33NO7. The van der Waals surface area contributed by atoms with E-state index in [-0.39, 0.29) is 19.0 Å². The molecule has 0 aromatic heterocycles. The quantitative estimate of drug-likeness (QED) is 0.404. The van der Waals surface area contributed by atoms with E-state index in [1.165, 1.54) is 0 Å². The third-order valence-corrected chi connectivity index (χ3v) is 7.03. The molecule has 1 aliphatic heterocycles.